The van der Waals surface area contributed by atoms with E-state index in [9.17, 15) is 9.18 Å². The van der Waals surface area contributed by atoms with Crippen LogP contribution in [0.1, 0.15) is 11.1 Å². The molecule has 4 aromatic rings. The second-order valence-corrected chi connectivity index (χ2v) is 7.78. The van der Waals surface area contributed by atoms with Crippen LogP contribution < -0.4 is 14.8 Å². The maximum absolute atomic E-state index is 13.4. The highest BCUT2D eigenvalue weighted by molar-refractivity contribution is 6.31. The lowest BCUT2D eigenvalue weighted by atomic mass is 10.1. The fourth-order valence-electron chi connectivity index (χ4n) is 3.70. The van der Waals surface area contributed by atoms with Gasteiger partial charge in [-0.25, -0.2) is 4.39 Å². The number of methoxy groups -OCH3 is 2. The average molecular weight is 453 g/mol. The lowest BCUT2D eigenvalue weighted by molar-refractivity contribution is -0.115. The van der Waals surface area contributed by atoms with Gasteiger partial charge in [-0.3, -0.25) is 4.79 Å². The topological polar surface area (TPSA) is 52.5 Å². The fourth-order valence-corrected chi connectivity index (χ4v) is 3.88. The fraction of sp³-hybridized carbons (Fsp3) is 0.160. The molecule has 0 aliphatic heterocycles. The zero-order chi connectivity index (χ0) is 22.7. The summed E-state index contributed by atoms with van der Waals surface area (Å²) in [5.41, 5.74) is 3.37. The molecule has 164 valence electrons. The van der Waals surface area contributed by atoms with E-state index in [-0.39, 0.29) is 17.4 Å². The molecule has 1 amide bonds. The van der Waals surface area contributed by atoms with E-state index in [0.717, 1.165) is 22.0 Å². The number of hydrogen-bond acceptors (Lipinski definition) is 3. The van der Waals surface area contributed by atoms with Gasteiger partial charge in [0.25, 0.3) is 0 Å². The number of halogens is 2. The van der Waals surface area contributed by atoms with Crippen LogP contribution in [0.15, 0.2) is 66.9 Å². The van der Waals surface area contributed by atoms with Gasteiger partial charge in [0.1, 0.15) is 17.3 Å². The van der Waals surface area contributed by atoms with Gasteiger partial charge in [-0.1, -0.05) is 29.8 Å². The Morgan fingerprint density at radius 1 is 1.03 bits per heavy atom. The third-order valence-corrected chi connectivity index (χ3v) is 5.48. The Balaban J connectivity index is 1.60. The second-order valence-electron chi connectivity index (χ2n) is 7.37. The van der Waals surface area contributed by atoms with Crippen LogP contribution in [0.25, 0.3) is 10.9 Å². The van der Waals surface area contributed by atoms with Gasteiger partial charge < -0.3 is 19.4 Å². The quantitative estimate of drug-likeness (QED) is 0.392. The van der Waals surface area contributed by atoms with Crippen LogP contribution in [-0.4, -0.2) is 24.7 Å². The molecule has 7 heteroatoms. The van der Waals surface area contributed by atoms with Crippen molar-refractivity contribution in [1.82, 2.24) is 4.57 Å². The summed E-state index contributed by atoms with van der Waals surface area (Å²) in [5.74, 6) is 0.697. The van der Waals surface area contributed by atoms with Crippen molar-refractivity contribution >= 4 is 34.1 Å². The average Bonchev–Trinajstić information content (AvgIpc) is 3.13. The summed E-state index contributed by atoms with van der Waals surface area (Å²) < 4.78 is 26.2. The molecule has 0 saturated heterocycles. The molecular formula is C25H22ClFN2O3. The highest BCUT2D eigenvalue weighted by Crippen LogP contribution is 2.27. The molecule has 3 aromatic carbocycles. The SMILES string of the molecule is COc1cc(Cn2cc(CC(=O)Nc3ccc(F)c(Cl)c3)c3ccccc32)cc(OC)c1. The summed E-state index contributed by atoms with van der Waals surface area (Å²) in [6.45, 7) is 0.587. The number of aromatic nitrogens is 1. The number of rotatable bonds is 7. The van der Waals surface area contributed by atoms with Crippen molar-refractivity contribution in [3.05, 3.63) is 88.8 Å². The first kappa shape index (κ1) is 21.7. The van der Waals surface area contributed by atoms with E-state index in [2.05, 4.69) is 9.88 Å². The van der Waals surface area contributed by atoms with Crippen molar-refractivity contribution < 1.29 is 18.7 Å². The number of amides is 1. The number of nitrogens with zero attached hydrogens (tertiary/aromatic N) is 1. The molecule has 0 aliphatic rings. The molecule has 0 bridgehead atoms. The Labute approximate surface area is 190 Å². The van der Waals surface area contributed by atoms with Crippen LogP contribution >= 0.6 is 11.6 Å². The summed E-state index contributed by atoms with van der Waals surface area (Å²) in [6.07, 6.45) is 2.15. The third-order valence-electron chi connectivity index (χ3n) is 5.19. The van der Waals surface area contributed by atoms with Crippen molar-refractivity contribution in [2.45, 2.75) is 13.0 Å². The maximum atomic E-state index is 13.4. The normalized spacial score (nSPS) is 10.9. The number of hydrogen-bond donors (Lipinski definition) is 1. The van der Waals surface area contributed by atoms with Crippen molar-refractivity contribution in [1.29, 1.82) is 0 Å². The highest BCUT2D eigenvalue weighted by Gasteiger charge is 2.14. The molecule has 0 unspecified atom stereocenters. The molecule has 1 N–H and O–H groups in total. The van der Waals surface area contributed by atoms with E-state index in [1.165, 1.54) is 18.2 Å². The first-order chi connectivity index (χ1) is 15.5. The first-order valence-corrected chi connectivity index (χ1v) is 10.4. The highest BCUT2D eigenvalue weighted by atomic mass is 35.5. The van der Waals surface area contributed by atoms with Gasteiger partial charge in [0.2, 0.25) is 5.91 Å². The Kier molecular flexibility index (Phi) is 6.32. The largest absolute Gasteiger partial charge is 0.497 e. The number of benzene rings is 3. The number of nitrogens with one attached hydrogen (secondary N) is 1. The minimum absolute atomic E-state index is 0.0341. The van der Waals surface area contributed by atoms with Gasteiger partial charge in [-0.05, 0) is 47.5 Å². The van der Waals surface area contributed by atoms with E-state index in [0.29, 0.717) is 23.7 Å². The molecular weight excluding hydrogens is 431 g/mol. The van der Waals surface area contributed by atoms with Crippen LogP contribution in [0.3, 0.4) is 0 Å². The minimum atomic E-state index is -0.526. The van der Waals surface area contributed by atoms with Gasteiger partial charge >= 0.3 is 0 Å². The molecule has 0 spiro atoms. The Morgan fingerprint density at radius 2 is 1.75 bits per heavy atom. The number of carbonyl (C=O) groups excluding carboxylic acids is 1. The molecule has 5 nitrogen and oxygen atoms in total. The second kappa shape index (κ2) is 9.32. The van der Waals surface area contributed by atoms with E-state index >= 15 is 0 Å². The number of ether oxygens (including phenoxy) is 2. The van der Waals surface area contributed by atoms with Crippen molar-refractivity contribution in [2.75, 3.05) is 19.5 Å². The Morgan fingerprint density at radius 3 is 2.44 bits per heavy atom. The summed E-state index contributed by atoms with van der Waals surface area (Å²) in [4.78, 5) is 12.7. The van der Waals surface area contributed by atoms with Crippen LogP contribution in [-0.2, 0) is 17.8 Å². The van der Waals surface area contributed by atoms with E-state index in [1.807, 2.05) is 48.7 Å². The number of fused-ring (bicyclic) bond motifs is 1. The van der Waals surface area contributed by atoms with Crippen LogP contribution in [0, 0.1) is 5.82 Å². The number of anilines is 1. The van der Waals surface area contributed by atoms with Crippen LogP contribution in [0.4, 0.5) is 10.1 Å². The third kappa shape index (κ3) is 4.70. The first-order valence-electron chi connectivity index (χ1n) is 10.0. The molecule has 0 radical (unpaired) electrons. The van der Waals surface area contributed by atoms with Crippen LogP contribution in [0.5, 0.6) is 11.5 Å². The monoisotopic (exact) mass is 452 g/mol. The maximum Gasteiger partial charge on any atom is 0.228 e. The van der Waals surface area contributed by atoms with Gasteiger partial charge in [0, 0.05) is 35.4 Å². The summed E-state index contributed by atoms with van der Waals surface area (Å²) >= 11 is 5.81. The van der Waals surface area contributed by atoms with E-state index < -0.39 is 5.82 Å². The lowest BCUT2D eigenvalue weighted by Gasteiger charge is -2.10. The summed E-state index contributed by atoms with van der Waals surface area (Å²) in [6, 6.07) is 17.8. The molecule has 32 heavy (non-hydrogen) atoms. The lowest BCUT2D eigenvalue weighted by Crippen LogP contribution is -2.14. The predicted molar refractivity (Wildman–Crippen MR) is 124 cm³/mol. The molecule has 4 rings (SSSR count). The van der Waals surface area contributed by atoms with Crippen molar-refractivity contribution in [2.24, 2.45) is 0 Å². The minimum Gasteiger partial charge on any atom is -0.497 e. The zero-order valence-electron chi connectivity index (χ0n) is 17.7. The predicted octanol–water partition coefficient (Wildman–Crippen LogP) is 5.68. The molecule has 1 aromatic heterocycles. The zero-order valence-corrected chi connectivity index (χ0v) is 18.4. The van der Waals surface area contributed by atoms with Gasteiger partial charge in [0.15, 0.2) is 0 Å². The smallest absolute Gasteiger partial charge is 0.228 e. The molecule has 0 aliphatic carbocycles. The molecule has 1 heterocycles. The summed E-state index contributed by atoms with van der Waals surface area (Å²) in [7, 11) is 3.24. The van der Waals surface area contributed by atoms with Crippen molar-refractivity contribution in [3.8, 4) is 11.5 Å². The van der Waals surface area contributed by atoms with Crippen molar-refractivity contribution in [3.63, 3.8) is 0 Å². The van der Waals surface area contributed by atoms with Gasteiger partial charge in [-0.15, -0.1) is 0 Å². The van der Waals surface area contributed by atoms with Crippen LogP contribution in [0.2, 0.25) is 5.02 Å². The standard InChI is InChI=1S/C25H22ClFN2O3/c1-31-19-9-16(10-20(13-19)32-2)14-29-15-17(21-5-3-4-6-24(21)29)11-25(30)28-18-7-8-23(27)22(26)12-18/h3-10,12-13,15H,11,14H2,1-2H3,(H,28,30). The molecule has 0 saturated carbocycles. The molecule has 0 atom stereocenters. The number of para-hydroxylation sites is 1. The Hall–Kier alpha value is -3.51. The van der Waals surface area contributed by atoms with E-state index in [4.69, 9.17) is 21.1 Å². The van der Waals surface area contributed by atoms with Gasteiger partial charge in [-0.2, -0.15) is 0 Å². The van der Waals surface area contributed by atoms with Gasteiger partial charge in [0.05, 0.1) is 25.7 Å². The van der Waals surface area contributed by atoms with E-state index in [1.54, 1.807) is 14.2 Å². The summed E-state index contributed by atoms with van der Waals surface area (Å²) in [5, 5.41) is 3.74. The Bertz CT molecular complexity index is 1260. The molecule has 0 fully saturated rings. The number of carbonyl (C=O) groups is 1.